The number of hydrogen-bond acceptors (Lipinski definition) is 0. The predicted octanol–water partition coefficient (Wildman–Crippen LogP) is 2.98. The summed E-state index contributed by atoms with van der Waals surface area (Å²) in [5.41, 5.74) is 5.27. The quantitative estimate of drug-likeness (QED) is 0.525. The van der Waals surface area contributed by atoms with Crippen molar-refractivity contribution in [3.63, 3.8) is 0 Å². The van der Waals surface area contributed by atoms with Gasteiger partial charge in [-0.15, -0.1) is 0 Å². The van der Waals surface area contributed by atoms with Crippen molar-refractivity contribution in [1.29, 1.82) is 0 Å². The Hall–Kier alpha value is -1.70. The summed E-state index contributed by atoms with van der Waals surface area (Å²) in [6.45, 7) is 2.15. The molecular formula is C13H14N2. The van der Waals surface area contributed by atoms with E-state index in [0.717, 1.165) is 0 Å². The Morgan fingerprint density at radius 2 is 1.67 bits per heavy atom. The molecule has 76 valence electrons. The molecule has 15 heavy (non-hydrogen) atoms. The monoisotopic (exact) mass is 198 g/mol. The van der Waals surface area contributed by atoms with Crippen molar-refractivity contribution in [2.75, 3.05) is 0 Å². The number of benzene rings is 1. The van der Waals surface area contributed by atoms with Gasteiger partial charge in [0.15, 0.2) is 0 Å². The molecule has 3 aromatic rings. The van der Waals surface area contributed by atoms with Crippen LogP contribution in [0.4, 0.5) is 0 Å². The first-order valence-corrected chi connectivity index (χ1v) is 5.19. The van der Waals surface area contributed by atoms with Crippen LogP contribution in [0.15, 0.2) is 30.3 Å². The maximum absolute atomic E-state index is 2.26. The third-order valence-electron chi connectivity index (χ3n) is 3.33. The second-order valence-electron chi connectivity index (χ2n) is 4.15. The molecule has 0 bridgehead atoms. The molecule has 0 fully saturated rings. The maximum Gasteiger partial charge on any atom is 0.0742 e. The lowest BCUT2D eigenvalue weighted by molar-refractivity contribution is 0.921. The van der Waals surface area contributed by atoms with Crippen molar-refractivity contribution in [2.45, 2.75) is 6.92 Å². The van der Waals surface area contributed by atoms with Crippen LogP contribution in [-0.4, -0.2) is 9.13 Å². The number of aryl methyl sites for hydroxylation is 3. The van der Waals surface area contributed by atoms with Crippen molar-refractivity contribution >= 4 is 21.9 Å². The average Bonchev–Trinajstić information content (AvgIpc) is 2.68. The molecule has 2 heteroatoms. The minimum Gasteiger partial charge on any atom is -0.346 e. The van der Waals surface area contributed by atoms with Crippen molar-refractivity contribution < 1.29 is 0 Å². The van der Waals surface area contributed by atoms with Crippen LogP contribution >= 0.6 is 0 Å². The highest BCUT2D eigenvalue weighted by molar-refractivity contribution is 6.06. The second kappa shape index (κ2) is 2.66. The SMILES string of the molecule is Cc1cc2c(c3ccccc3n2C)n1C. The first-order chi connectivity index (χ1) is 7.20. The number of rotatable bonds is 0. The lowest BCUT2D eigenvalue weighted by Crippen LogP contribution is -1.88. The second-order valence-corrected chi connectivity index (χ2v) is 4.15. The first kappa shape index (κ1) is 8.60. The van der Waals surface area contributed by atoms with Gasteiger partial charge in [0, 0.05) is 25.2 Å². The molecule has 0 saturated carbocycles. The fourth-order valence-electron chi connectivity index (χ4n) is 2.38. The number of nitrogens with zero attached hydrogens (tertiary/aromatic N) is 2. The molecule has 0 aliphatic heterocycles. The number of hydrogen-bond donors (Lipinski definition) is 0. The summed E-state index contributed by atoms with van der Waals surface area (Å²) in [6, 6.07) is 10.8. The van der Waals surface area contributed by atoms with E-state index in [1.54, 1.807) is 0 Å². The first-order valence-electron chi connectivity index (χ1n) is 5.19. The van der Waals surface area contributed by atoms with Crippen LogP contribution < -0.4 is 0 Å². The molecule has 2 aromatic heterocycles. The molecule has 2 heterocycles. The van der Waals surface area contributed by atoms with Crippen molar-refractivity contribution in [3.8, 4) is 0 Å². The Morgan fingerprint density at radius 1 is 0.933 bits per heavy atom. The molecule has 0 spiro atoms. The van der Waals surface area contributed by atoms with Gasteiger partial charge in [-0.25, -0.2) is 0 Å². The van der Waals surface area contributed by atoms with Gasteiger partial charge < -0.3 is 9.13 Å². The Kier molecular flexibility index (Phi) is 1.52. The largest absolute Gasteiger partial charge is 0.346 e. The number of para-hydroxylation sites is 1. The lowest BCUT2D eigenvalue weighted by atomic mass is 10.2. The molecule has 0 aliphatic rings. The van der Waals surface area contributed by atoms with E-state index in [0.29, 0.717) is 0 Å². The van der Waals surface area contributed by atoms with Crippen LogP contribution in [0.1, 0.15) is 5.69 Å². The van der Waals surface area contributed by atoms with Gasteiger partial charge in [-0.2, -0.15) is 0 Å². The summed E-state index contributed by atoms with van der Waals surface area (Å²) in [5.74, 6) is 0. The Labute approximate surface area is 88.7 Å². The van der Waals surface area contributed by atoms with E-state index < -0.39 is 0 Å². The minimum absolute atomic E-state index is 1.30. The topological polar surface area (TPSA) is 9.86 Å². The highest BCUT2D eigenvalue weighted by Crippen LogP contribution is 2.29. The maximum atomic E-state index is 2.26. The molecule has 0 radical (unpaired) electrons. The molecule has 0 aliphatic carbocycles. The molecule has 0 unspecified atom stereocenters. The van der Waals surface area contributed by atoms with E-state index in [4.69, 9.17) is 0 Å². The van der Waals surface area contributed by atoms with E-state index in [-0.39, 0.29) is 0 Å². The normalized spacial score (nSPS) is 11.7. The van der Waals surface area contributed by atoms with Crippen molar-refractivity contribution in [3.05, 3.63) is 36.0 Å². The van der Waals surface area contributed by atoms with E-state index in [9.17, 15) is 0 Å². The summed E-state index contributed by atoms with van der Waals surface area (Å²) in [4.78, 5) is 0. The van der Waals surface area contributed by atoms with Crippen LogP contribution in [0.25, 0.3) is 21.9 Å². The highest BCUT2D eigenvalue weighted by Gasteiger charge is 2.11. The van der Waals surface area contributed by atoms with E-state index in [2.05, 4.69) is 60.5 Å². The van der Waals surface area contributed by atoms with Crippen molar-refractivity contribution in [1.82, 2.24) is 9.13 Å². The zero-order valence-electron chi connectivity index (χ0n) is 9.28. The van der Waals surface area contributed by atoms with Crippen LogP contribution in [0.3, 0.4) is 0 Å². The van der Waals surface area contributed by atoms with Gasteiger partial charge in [0.05, 0.1) is 16.6 Å². The van der Waals surface area contributed by atoms with E-state index in [1.807, 2.05) is 0 Å². The van der Waals surface area contributed by atoms with Gasteiger partial charge in [-0.1, -0.05) is 18.2 Å². The summed E-state index contributed by atoms with van der Waals surface area (Å²) >= 11 is 0. The molecule has 0 amide bonds. The molecule has 3 rings (SSSR count). The van der Waals surface area contributed by atoms with Gasteiger partial charge in [0.25, 0.3) is 0 Å². The van der Waals surface area contributed by atoms with Gasteiger partial charge >= 0.3 is 0 Å². The van der Waals surface area contributed by atoms with Crippen LogP contribution in [0.5, 0.6) is 0 Å². The van der Waals surface area contributed by atoms with Gasteiger partial charge in [-0.3, -0.25) is 0 Å². The third-order valence-corrected chi connectivity index (χ3v) is 3.33. The van der Waals surface area contributed by atoms with Gasteiger partial charge in [-0.05, 0) is 19.1 Å². The Morgan fingerprint density at radius 3 is 2.47 bits per heavy atom. The van der Waals surface area contributed by atoms with Crippen LogP contribution in [0, 0.1) is 6.92 Å². The zero-order chi connectivity index (χ0) is 10.6. The van der Waals surface area contributed by atoms with Crippen LogP contribution in [-0.2, 0) is 14.1 Å². The molecule has 0 N–H and O–H groups in total. The summed E-state index contributed by atoms with van der Waals surface area (Å²) < 4.78 is 4.52. The molecule has 1 aromatic carbocycles. The lowest BCUT2D eigenvalue weighted by Gasteiger charge is -1.98. The average molecular weight is 198 g/mol. The standard InChI is InChI=1S/C13H14N2/c1-9-8-12-13(14(9)2)10-6-4-5-7-11(10)15(12)3/h4-8H,1-3H3. The Bertz CT molecular complexity index is 656. The molecule has 0 saturated heterocycles. The smallest absolute Gasteiger partial charge is 0.0742 e. The summed E-state index contributed by atoms with van der Waals surface area (Å²) in [6.07, 6.45) is 0. The van der Waals surface area contributed by atoms with Gasteiger partial charge in [0.2, 0.25) is 0 Å². The third kappa shape index (κ3) is 0.938. The highest BCUT2D eigenvalue weighted by atomic mass is 15.0. The van der Waals surface area contributed by atoms with Gasteiger partial charge in [0.1, 0.15) is 0 Å². The molecular weight excluding hydrogens is 184 g/mol. The molecule has 2 nitrogen and oxygen atoms in total. The van der Waals surface area contributed by atoms with Crippen LogP contribution in [0.2, 0.25) is 0 Å². The number of aromatic nitrogens is 2. The van der Waals surface area contributed by atoms with E-state index >= 15 is 0 Å². The summed E-state index contributed by atoms with van der Waals surface area (Å²) in [7, 11) is 4.26. The predicted molar refractivity (Wildman–Crippen MR) is 64.1 cm³/mol. The fourth-order valence-corrected chi connectivity index (χ4v) is 2.38. The minimum atomic E-state index is 1.30. The number of fused-ring (bicyclic) bond motifs is 3. The molecule has 0 atom stereocenters. The Balaban J connectivity index is 2.68. The summed E-state index contributed by atoms with van der Waals surface area (Å²) in [5, 5.41) is 1.34. The van der Waals surface area contributed by atoms with Crippen molar-refractivity contribution in [2.24, 2.45) is 14.1 Å². The zero-order valence-corrected chi connectivity index (χ0v) is 9.28. The van der Waals surface area contributed by atoms with E-state index in [1.165, 1.54) is 27.6 Å². The fraction of sp³-hybridized carbons (Fsp3) is 0.231.